The Bertz CT molecular complexity index is 909. The van der Waals surface area contributed by atoms with Gasteiger partial charge in [-0.25, -0.2) is 4.79 Å². The van der Waals surface area contributed by atoms with Crippen LogP contribution in [0.3, 0.4) is 0 Å². The van der Waals surface area contributed by atoms with Gasteiger partial charge in [-0.15, -0.1) is 0 Å². The van der Waals surface area contributed by atoms with Gasteiger partial charge in [0, 0.05) is 11.1 Å². The molecule has 4 rings (SSSR count). The highest BCUT2D eigenvalue weighted by atomic mass is 16.5. The van der Waals surface area contributed by atoms with Crippen molar-refractivity contribution in [2.75, 3.05) is 6.54 Å². The molecule has 1 aliphatic heterocycles. The monoisotopic (exact) mass is 364 g/mol. The third-order valence-corrected chi connectivity index (χ3v) is 5.37. The van der Waals surface area contributed by atoms with Crippen molar-refractivity contribution in [1.29, 1.82) is 0 Å². The minimum atomic E-state index is -0.968. The predicted molar refractivity (Wildman–Crippen MR) is 98.8 cm³/mol. The molecule has 6 heteroatoms. The summed E-state index contributed by atoms with van der Waals surface area (Å²) in [7, 11) is 0. The molecule has 1 saturated heterocycles. The maximum Gasteiger partial charge on any atom is 0.327 e. The van der Waals surface area contributed by atoms with Crippen molar-refractivity contribution in [1.82, 2.24) is 10.2 Å². The first kappa shape index (κ1) is 17.3. The van der Waals surface area contributed by atoms with Gasteiger partial charge in [0.2, 0.25) is 0 Å². The molecule has 1 N–H and O–H groups in total. The second-order valence-electron chi connectivity index (χ2n) is 7.05. The molecule has 0 aromatic heterocycles. The summed E-state index contributed by atoms with van der Waals surface area (Å²) in [5.41, 5.74) is 2.90. The second-order valence-corrected chi connectivity index (χ2v) is 7.05. The number of rotatable bonds is 4. The number of hydrogen-bond donors (Lipinski definition) is 1. The summed E-state index contributed by atoms with van der Waals surface area (Å²) in [6.45, 7) is 3.06. The number of ether oxygens (including phenoxy) is 1. The summed E-state index contributed by atoms with van der Waals surface area (Å²) in [6, 6.07) is 15.0. The van der Waals surface area contributed by atoms with Crippen LogP contribution in [0.1, 0.15) is 37.5 Å². The molecule has 1 atom stereocenters. The lowest BCUT2D eigenvalue weighted by atomic mass is 9.99. The van der Waals surface area contributed by atoms with Crippen LogP contribution in [0.2, 0.25) is 0 Å². The molecular formula is C21H20N2O4. The zero-order valence-corrected chi connectivity index (χ0v) is 15.2. The molecule has 3 amide bonds. The molecule has 0 unspecified atom stereocenters. The van der Waals surface area contributed by atoms with Crippen LogP contribution in [-0.2, 0) is 14.3 Å². The predicted octanol–water partition coefficient (Wildman–Crippen LogP) is 3.02. The van der Waals surface area contributed by atoms with E-state index >= 15 is 0 Å². The highest BCUT2D eigenvalue weighted by Gasteiger charge is 2.47. The van der Waals surface area contributed by atoms with Crippen LogP contribution in [0.25, 0.3) is 11.1 Å². The van der Waals surface area contributed by atoms with Crippen molar-refractivity contribution >= 4 is 17.9 Å². The van der Waals surface area contributed by atoms with Crippen LogP contribution < -0.4 is 5.32 Å². The van der Waals surface area contributed by atoms with Crippen LogP contribution in [0, 0.1) is 0 Å². The van der Waals surface area contributed by atoms with Gasteiger partial charge in [0.15, 0.2) is 6.10 Å². The number of carbonyl (C=O) groups is 3. The van der Waals surface area contributed by atoms with Crippen LogP contribution >= 0.6 is 0 Å². The third kappa shape index (κ3) is 2.68. The summed E-state index contributed by atoms with van der Waals surface area (Å²) in [4.78, 5) is 38.1. The van der Waals surface area contributed by atoms with E-state index in [2.05, 4.69) is 5.32 Å². The number of amides is 3. The van der Waals surface area contributed by atoms with Crippen molar-refractivity contribution in [2.45, 2.75) is 31.9 Å². The molecule has 1 aliphatic carbocycles. The van der Waals surface area contributed by atoms with Crippen LogP contribution in [0.15, 0.2) is 48.5 Å². The number of benzene rings is 2. The fraction of sp³-hybridized carbons (Fsp3) is 0.286. The average Bonchev–Trinajstić information content (AvgIpc) is 3.10. The molecule has 0 bridgehead atoms. The van der Waals surface area contributed by atoms with E-state index in [1.165, 1.54) is 0 Å². The molecule has 1 fully saturated rings. The second kappa shape index (κ2) is 6.23. The first-order valence-corrected chi connectivity index (χ1v) is 8.96. The normalized spacial score (nSPS) is 21.0. The maximum absolute atomic E-state index is 12.6. The lowest BCUT2D eigenvalue weighted by Crippen LogP contribution is -2.43. The molecule has 138 valence electrons. The minimum absolute atomic E-state index is 0.402. The number of urea groups is 1. The quantitative estimate of drug-likeness (QED) is 0.668. The van der Waals surface area contributed by atoms with E-state index in [-0.39, 0.29) is 0 Å². The van der Waals surface area contributed by atoms with Gasteiger partial charge < -0.3 is 10.1 Å². The number of nitrogens with zero attached hydrogens (tertiary/aromatic N) is 1. The molecular weight excluding hydrogens is 344 g/mol. The minimum Gasteiger partial charge on any atom is -0.451 e. The van der Waals surface area contributed by atoms with E-state index in [1.807, 2.05) is 55.5 Å². The fourth-order valence-corrected chi connectivity index (χ4v) is 3.66. The molecule has 0 radical (unpaired) electrons. The summed E-state index contributed by atoms with van der Waals surface area (Å²) >= 11 is 0. The maximum atomic E-state index is 12.6. The highest BCUT2D eigenvalue weighted by molar-refractivity contribution is 6.08. The van der Waals surface area contributed by atoms with Crippen LogP contribution in [0.5, 0.6) is 0 Å². The van der Waals surface area contributed by atoms with Gasteiger partial charge in [-0.1, -0.05) is 55.5 Å². The zero-order chi connectivity index (χ0) is 19.2. The first-order valence-electron chi connectivity index (χ1n) is 8.96. The van der Waals surface area contributed by atoms with E-state index in [4.69, 9.17) is 4.74 Å². The molecule has 2 aromatic carbocycles. The Kier molecular flexibility index (Phi) is 3.98. The SMILES string of the molecule is CC[C@]1(C)NC(=O)N(CC(=O)OC2c3ccccc3-c3ccccc32)C1=O. The summed E-state index contributed by atoms with van der Waals surface area (Å²) in [5, 5.41) is 2.64. The van der Waals surface area contributed by atoms with Gasteiger partial charge in [0.1, 0.15) is 12.1 Å². The number of esters is 1. The Morgan fingerprint density at radius 1 is 1.07 bits per heavy atom. The van der Waals surface area contributed by atoms with Gasteiger partial charge >= 0.3 is 12.0 Å². The van der Waals surface area contributed by atoms with E-state index < -0.39 is 36.1 Å². The van der Waals surface area contributed by atoms with Gasteiger partial charge in [0.25, 0.3) is 5.91 Å². The molecule has 0 saturated carbocycles. The molecule has 1 heterocycles. The standard InChI is InChI=1S/C21H20N2O4/c1-3-21(2)19(25)23(20(26)22-21)12-17(24)27-18-15-10-6-4-8-13(15)14-9-5-7-11-16(14)18/h4-11,18H,3,12H2,1-2H3,(H,22,26)/t21-/m0/s1. The van der Waals surface area contributed by atoms with Crippen molar-refractivity contribution in [3.05, 3.63) is 59.7 Å². The van der Waals surface area contributed by atoms with Crippen LogP contribution in [-0.4, -0.2) is 34.9 Å². The first-order chi connectivity index (χ1) is 12.9. The van der Waals surface area contributed by atoms with E-state index in [9.17, 15) is 14.4 Å². The highest BCUT2D eigenvalue weighted by Crippen LogP contribution is 2.45. The lowest BCUT2D eigenvalue weighted by molar-refractivity contribution is -0.150. The Morgan fingerprint density at radius 3 is 2.15 bits per heavy atom. The summed E-state index contributed by atoms with van der Waals surface area (Å²) in [5.74, 6) is -1.02. The average molecular weight is 364 g/mol. The molecule has 6 nitrogen and oxygen atoms in total. The molecule has 27 heavy (non-hydrogen) atoms. The molecule has 0 spiro atoms. The van der Waals surface area contributed by atoms with E-state index in [0.29, 0.717) is 6.42 Å². The van der Waals surface area contributed by atoms with Gasteiger partial charge in [-0.2, -0.15) is 0 Å². The Balaban J connectivity index is 1.56. The lowest BCUT2D eigenvalue weighted by Gasteiger charge is -2.20. The smallest absolute Gasteiger partial charge is 0.327 e. The number of hydrogen-bond acceptors (Lipinski definition) is 4. The number of fused-ring (bicyclic) bond motifs is 3. The van der Waals surface area contributed by atoms with Crippen molar-refractivity contribution in [2.24, 2.45) is 0 Å². The zero-order valence-electron chi connectivity index (χ0n) is 15.2. The fourth-order valence-electron chi connectivity index (χ4n) is 3.66. The molecule has 2 aliphatic rings. The Labute approximate surface area is 157 Å². The Morgan fingerprint density at radius 2 is 1.63 bits per heavy atom. The summed E-state index contributed by atoms with van der Waals surface area (Å²) in [6.07, 6.45) is -0.0878. The number of imide groups is 1. The molecule has 2 aromatic rings. The third-order valence-electron chi connectivity index (χ3n) is 5.37. The van der Waals surface area contributed by atoms with Crippen molar-refractivity contribution in [3.8, 4) is 11.1 Å². The van der Waals surface area contributed by atoms with E-state index in [1.54, 1.807) is 6.92 Å². The van der Waals surface area contributed by atoms with Crippen molar-refractivity contribution in [3.63, 3.8) is 0 Å². The van der Waals surface area contributed by atoms with Crippen molar-refractivity contribution < 1.29 is 19.1 Å². The van der Waals surface area contributed by atoms with Gasteiger partial charge in [-0.05, 0) is 24.5 Å². The number of carbonyl (C=O) groups excluding carboxylic acids is 3. The number of nitrogens with one attached hydrogen (secondary N) is 1. The topological polar surface area (TPSA) is 75.7 Å². The van der Waals surface area contributed by atoms with E-state index in [0.717, 1.165) is 27.2 Å². The largest absolute Gasteiger partial charge is 0.451 e. The summed E-state index contributed by atoms with van der Waals surface area (Å²) < 4.78 is 5.71. The van der Waals surface area contributed by atoms with Crippen LogP contribution in [0.4, 0.5) is 4.79 Å². The van der Waals surface area contributed by atoms with Gasteiger partial charge in [-0.3, -0.25) is 14.5 Å². The van der Waals surface area contributed by atoms with Gasteiger partial charge in [0.05, 0.1) is 0 Å². The Hall–Kier alpha value is -3.15.